The molecule has 0 aliphatic carbocycles. The topological polar surface area (TPSA) is 34.1 Å². The third-order valence-corrected chi connectivity index (χ3v) is 1.08. The highest BCUT2D eigenvalue weighted by molar-refractivity contribution is 6.33. The zero-order valence-electron chi connectivity index (χ0n) is 5.20. The van der Waals surface area contributed by atoms with E-state index in [1.807, 2.05) is 0 Å². The largest absolute Gasteiger partial charge is 0.294 e. The molecule has 0 heterocycles. The van der Waals surface area contributed by atoms with Crippen LogP contribution in [0.1, 0.15) is 10.4 Å². The Morgan fingerprint density at radius 3 is 2.80 bits per heavy atom. The second kappa shape index (κ2) is 2.92. The second-order valence-corrected chi connectivity index (χ2v) is 1.76. The van der Waals surface area contributed by atoms with E-state index >= 15 is 0 Å². The van der Waals surface area contributed by atoms with Gasteiger partial charge in [0.2, 0.25) is 5.78 Å². The lowest BCUT2D eigenvalue weighted by Crippen LogP contribution is -1.98. The minimum Gasteiger partial charge on any atom is -0.294 e. The maximum Gasteiger partial charge on any atom is 0.225 e. The molecular weight excluding hydrogens is 128 g/mol. The zero-order valence-corrected chi connectivity index (χ0v) is 5.20. The maximum absolute atomic E-state index is 10.6. The first-order chi connectivity index (χ1) is 4.84. The molecule has 0 atom stereocenters. The molecule has 1 radical (unpaired) electrons. The van der Waals surface area contributed by atoms with Crippen LogP contribution in [0, 0.1) is 6.07 Å². The molecule has 1 aromatic carbocycles. The Balaban J connectivity index is 2.95. The standard InChI is InChI=1S/C8H5O2/c9-6-8(10)7-4-2-1-3-5-7/h1-4,6H. The van der Waals surface area contributed by atoms with E-state index < -0.39 is 5.78 Å². The van der Waals surface area contributed by atoms with E-state index in [1.54, 1.807) is 24.3 Å². The third-order valence-electron chi connectivity index (χ3n) is 1.08. The van der Waals surface area contributed by atoms with Crippen LogP contribution in [0.25, 0.3) is 0 Å². The number of carbonyl (C=O) groups excluding carboxylic acids is 2. The van der Waals surface area contributed by atoms with Crippen molar-refractivity contribution >= 4 is 12.1 Å². The van der Waals surface area contributed by atoms with Crippen LogP contribution in [-0.4, -0.2) is 12.1 Å². The quantitative estimate of drug-likeness (QED) is 0.341. The Bertz CT molecular complexity index is 239. The molecule has 0 saturated carbocycles. The summed E-state index contributed by atoms with van der Waals surface area (Å²) in [4.78, 5) is 20.5. The average Bonchev–Trinajstić information content (AvgIpc) is 2.05. The van der Waals surface area contributed by atoms with Gasteiger partial charge in [-0.15, -0.1) is 0 Å². The number of ketones is 1. The van der Waals surface area contributed by atoms with Crippen LogP contribution in [0.4, 0.5) is 0 Å². The predicted octanol–water partition coefficient (Wildman–Crippen LogP) is 0.868. The van der Waals surface area contributed by atoms with Gasteiger partial charge in [0.15, 0.2) is 6.29 Å². The molecule has 49 valence electrons. The SMILES string of the molecule is O=CC(=O)c1[c]cccc1. The van der Waals surface area contributed by atoms with Crippen LogP contribution in [0.2, 0.25) is 0 Å². The van der Waals surface area contributed by atoms with Crippen molar-refractivity contribution in [3.63, 3.8) is 0 Å². The first-order valence-corrected chi connectivity index (χ1v) is 2.81. The molecule has 0 bridgehead atoms. The van der Waals surface area contributed by atoms with Crippen molar-refractivity contribution < 1.29 is 9.59 Å². The van der Waals surface area contributed by atoms with Gasteiger partial charge in [0.05, 0.1) is 0 Å². The fourth-order valence-electron chi connectivity index (χ4n) is 0.610. The molecule has 0 aliphatic rings. The maximum atomic E-state index is 10.6. The fraction of sp³-hybridized carbons (Fsp3) is 0. The second-order valence-electron chi connectivity index (χ2n) is 1.76. The molecule has 0 N–H and O–H groups in total. The van der Waals surface area contributed by atoms with E-state index in [9.17, 15) is 9.59 Å². The molecule has 0 aromatic heterocycles. The summed E-state index contributed by atoms with van der Waals surface area (Å²) in [6.07, 6.45) is 0.284. The molecule has 1 aromatic rings. The van der Waals surface area contributed by atoms with E-state index in [2.05, 4.69) is 6.07 Å². The van der Waals surface area contributed by atoms with Crippen LogP contribution in [0.5, 0.6) is 0 Å². The Hall–Kier alpha value is -1.44. The Morgan fingerprint density at radius 2 is 2.30 bits per heavy atom. The number of aldehydes is 1. The van der Waals surface area contributed by atoms with Crippen LogP contribution in [0.3, 0.4) is 0 Å². The van der Waals surface area contributed by atoms with Crippen molar-refractivity contribution in [2.24, 2.45) is 0 Å². The summed E-state index contributed by atoms with van der Waals surface area (Å²) >= 11 is 0. The lowest BCUT2D eigenvalue weighted by Gasteiger charge is -1.87. The lowest BCUT2D eigenvalue weighted by molar-refractivity contribution is -0.104. The van der Waals surface area contributed by atoms with Gasteiger partial charge in [-0.1, -0.05) is 24.3 Å². The van der Waals surface area contributed by atoms with Crippen molar-refractivity contribution in [1.82, 2.24) is 0 Å². The minimum absolute atomic E-state index is 0.284. The van der Waals surface area contributed by atoms with Gasteiger partial charge in [-0.2, -0.15) is 0 Å². The predicted molar refractivity (Wildman–Crippen MR) is 35.7 cm³/mol. The molecule has 0 spiro atoms. The molecule has 0 unspecified atom stereocenters. The Morgan fingerprint density at radius 1 is 1.50 bits per heavy atom. The van der Waals surface area contributed by atoms with E-state index in [4.69, 9.17) is 0 Å². The van der Waals surface area contributed by atoms with Gasteiger partial charge in [0.1, 0.15) is 0 Å². The van der Waals surface area contributed by atoms with E-state index in [0.717, 1.165) is 0 Å². The highest BCUT2D eigenvalue weighted by atomic mass is 16.2. The van der Waals surface area contributed by atoms with E-state index in [-0.39, 0.29) is 6.29 Å². The summed E-state index contributed by atoms with van der Waals surface area (Å²) in [6.45, 7) is 0. The van der Waals surface area contributed by atoms with Gasteiger partial charge in [-0.05, 0) is 6.07 Å². The summed E-state index contributed by atoms with van der Waals surface area (Å²) in [5, 5.41) is 0. The molecule has 1 rings (SSSR count). The van der Waals surface area contributed by atoms with Gasteiger partial charge in [0.25, 0.3) is 0 Å². The average molecular weight is 133 g/mol. The summed E-state index contributed by atoms with van der Waals surface area (Å²) in [7, 11) is 0. The van der Waals surface area contributed by atoms with Gasteiger partial charge < -0.3 is 0 Å². The van der Waals surface area contributed by atoms with Crippen molar-refractivity contribution in [3.8, 4) is 0 Å². The van der Waals surface area contributed by atoms with Crippen molar-refractivity contribution in [3.05, 3.63) is 35.9 Å². The van der Waals surface area contributed by atoms with E-state index in [0.29, 0.717) is 5.56 Å². The summed E-state index contributed by atoms with van der Waals surface area (Å²) < 4.78 is 0. The third kappa shape index (κ3) is 1.29. The van der Waals surface area contributed by atoms with Gasteiger partial charge in [0, 0.05) is 5.56 Å². The van der Waals surface area contributed by atoms with Crippen molar-refractivity contribution in [1.29, 1.82) is 0 Å². The zero-order chi connectivity index (χ0) is 7.40. The molecule has 10 heavy (non-hydrogen) atoms. The van der Waals surface area contributed by atoms with Crippen molar-refractivity contribution in [2.45, 2.75) is 0 Å². The molecular formula is C8H5O2. The van der Waals surface area contributed by atoms with Crippen molar-refractivity contribution in [2.75, 3.05) is 0 Å². The highest BCUT2D eigenvalue weighted by Crippen LogP contribution is 1.95. The molecule has 0 fully saturated rings. The number of carbonyl (C=O) groups is 2. The molecule has 2 nitrogen and oxygen atoms in total. The number of Topliss-reactive ketones (excluding diaryl/α,β-unsaturated/α-hetero) is 1. The number of hydrogen-bond acceptors (Lipinski definition) is 2. The normalized spacial score (nSPS) is 8.80. The fourth-order valence-corrected chi connectivity index (χ4v) is 0.610. The highest BCUT2D eigenvalue weighted by Gasteiger charge is 2.00. The lowest BCUT2D eigenvalue weighted by atomic mass is 10.1. The monoisotopic (exact) mass is 133 g/mol. The molecule has 0 amide bonds. The van der Waals surface area contributed by atoms with Crippen LogP contribution >= 0.6 is 0 Å². The number of hydrogen-bond donors (Lipinski definition) is 0. The first-order valence-electron chi connectivity index (χ1n) is 2.81. The minimum atomic E-state index is -0.527. The smallest absolute Gasteiger partial charge is 0.225 e. The van der Waals surface area contributed by atoms with Gasteiger partial charge >= 0.3 is 0 Å². The van der Waals surface area contributed by atoms with E-state index in [1.165, 1.54) is 0 Å². The summed E-state index contributed by atoms with van der Waals surface area (Å²) in [5.74, 6) is -0.527. The Labute approximate surface area is 58.5 Å². The van der Waals surface area contributed by atoms with Crippen LogP contribution in [-0.2, 0) is 4.79 Å². The number of rotatable bonds is 2. The summed E-state index contributed by atoms with van der Waals surface area (Å²) in [6, 6.07) is 9.21. The molecule has 0 saturated heterocycles. The van der Waals surface area contributed by atoms with Gasteiger partial charge in [-0.3, -0.25) is 9.59 Å². The van der Waals surface area contributed by atoms with Gasteiger partial charge in [-0.25, -0.2) is 0 Å². The van der Waals surface area contributed by atoms with Crippen LogP contribution < -0.4 is 0 Å². The Kier molecular flexibility index (Phi) is 1.95. The van der Waals surface area contributed by atoms with Crippen LogP contribution in [0.15, 0.2) is 24.3 Å². The molecule has 0 aliphatic heterocycles. The number of benzene rings is 1. The first kappa shape index (κ1) is 6.68. The summed E-state index contributed by atoms with van der Waals surface area (Å²) in [5.41, 5.74) is 0.317. The molecule has 2 heteroatoms.